The Bertz CT molecular complexity index is 887. The number of benzene rings is 2. The molecular weight excluding hydrogens is 361 g/mol. The van der Waals surface area contributed by atoms with E-state index in [-0.39, 0.29) is 23.7 Å². The first kappa shape index (κ1) is 19.7. The summed E-state index contributed by atoms with van der Waals surface area (Å²) in [4.78, 5) is 27.6. The number of methoxy groups -OCH3 is 1. The van der Waals surface area contributed by atoms with Crippen molar-refractivity contribution < 1.29 is 18.7 Å². The van der Waals surface area contributed by atoms with E-state index in [1.165, 1.54) is 23.1 Å². The fourth-order valence-corrected chi connectivity index (χ4v) is 3.31. The fraction of sp³-hybridized carbons (Fsp3) is 0.333. The van der Waals surface area contributed by atoms with Crippen LogP contribution in [0.3, 0.4) is 0 Å². The van der Waals surface area contributed by atoms with Crippen LogP contribution in [0.15, 0.2) is 42.5 Å². The first-order valence-corrected chi connectivity index (χ1v) is 9.19. The number of para-hydroxylation sites is 1. The Hall–Kier alpha value is -3.09. The number of rotatable bonds is 5. The van der Waals surface area contributed by atoms with Gasteiger partial charge in [0.05, 0.1) is 18.8 Å². The van der Waals surface area contributed by atoms with E-state index in [9.17, 15) is 14.0 Å². The van der Waals surface area contributed by atoms with Crippen LogP contribution in [0.1, 0.15) is 31.4 Å². The van der Waals surface area contributed by atoms with Crippen LogP contribution >= 0.6 is 0 Å². The number of ether oxygens (including phenoxy) is 1. The highest BCUT2D eigenvalue weighted by molar-refractivity contribution is 5.97. The first-order valence-electron chi connectivity index (χ1n) is 9.19. The Balaban J connectivity index is 1.76. The summed E-state index contributed by atoms with van der Waals surface area (Å²) in [7, 11) is 3.27. The molecule has 6 nitrogen and oxygen atoms in total. The quantitative estimate of drug-likeness (QED) is 0.840. The smallest absolute Gasteiger partial charge is 0.322 e. The Morgan fingerprint density at radius 2 is 2.04 bits per heavy atom. The maximum atomic E-state index is 14.2. The topological polar surface area (TPSA) is 61.9 Å². The molecule has 1 atom stereocenters. The molecule has 1 fully saturated rings. The minimum Gasteiger partial charge on any atom is -0.496 e. The van der Waals surface area contributed by atoms with E-state index in [2.05, 4.69) is 5.32 Å². The number of anilines is 2. The van der Waals surface area contributed by atoms with Crippen molar-refractivity contribution >= 4 is 23.3 Å². The van der Waals surface area contributed by atoms with Crippen molar-refractivity contribution in [3.05, 3.63) is 53.8 Å². The maximum Gasteiger partial charge on any atom is 0.322 e. The number of nitrogens with one attached hydrogen (secondary N) is 1. The minimum atomic E-state index is -0.482. The predicted octanol–water partition coefficient (Wildman–Crippen LogP) is 4.19. The maximum absolute atomic E-state index is 14.2. The number of hydrogen-bond donors (Lipinski definition) is 1. The molecule has 7 heteroatoms. The molecule has 28 heavy (non-hydrogen) atoms. The van der Waals surface area contributed by atoms with Crippen LogP contribution in [0.2, 0.25) is 0 Å². The third kappa shape index (κ3) is 3.93. The molecule has 0 aliphatic carbocycles. The van der Waals surface area contributed by atoms with Crippen molar-refractivity contribution in [1.82, 2.24) is 4.90 Å². The van der Waals surface area contributed by atoms with E-state index in [4.69, 9.17) is 4.74 Å². The zero-order valence-electron chi connectivity index (χ0n) is 16.2. The van der Waals surface area contributed by atoms with Gasteiger partial charge in [0.2, 0.25) is 5.91 Å². The highest BCUT2D eigenvalue weighted by Gasteiger charge is 2.25. The number of halogens is 1. The molecule has 0 saturated carbocycles. The summed E-state index contributed by atoms with van der Waals surface area (Å²) in [6.45, 7) is 2.38. The molecule has 3 rings (SSSR count). The minimum absolute atomic E-state index is 0.107. The molecule has 1 aliphatic rings. The van der Waals surface area contributed by atoms with E-state index in [0.29, 0.717) is 30.8 Å². The van der Waals surface area contributed by atoms with Gasteiger partial charge in [-0.1, -0.05) is 18.2 Å². The van der Waals surface area contributed by atoms with Crippen molar-refractivity contribution in [2.75, 3.05) is 30.9 Å². The Morgan fingerprint density at radius 3 is 2.71 bits per heavy atom. The molecule has 1 saturated heterocycles. The third-order valence-electron chi connectivity index (χ3n) is 5.05. The molecule has 0 unspecified atom stereocenters. The summed E-state index contributed by atoms with van der Waals surface area (Å²) in [5.41, 5.74) is 1.51. The normalized spacial score (nSPS) is 14.7. The van der Waals surface area contributed by atoms with Crippen LogP contribution in [0.25, 0.3) is 0 Å². The van der Waals surface area contributed by atoms with Gasteiger partial charge < -0.3 is 19.9 Å². The van der Waals surface area contributed by atoms with Gasteiger partial charge in [0.15, 0.2) is 0 Å². The highest BCUT2D eigenvalue weighted by atomic mass is 19.1. The second-order valence-corrected chi connectivity index (χ2v) is 6.77. The molecule has 1 heterocycles. The van der Waals surface area contributed by atoms with E-state index in [1.807, 2.05) is 31.2 Å². The van der Waals surface area contributed by atoms with Gasteiger partial charge in [0, 0.05) is 31.3 Å². The largest absolute Gasteiger partial charge is 0.496 e. The Labute approximate surface area is 163 Å². The first-order chi connectivity index (χ1) is 13.4. The molecule has 2 aromatic rings. The lowest BCUT2D eigenvalue weighted by atomic mass is 10.1. The molecule has 2 aromatic carbocycles. The van der Waals surface area contributed by atoms with Crippen molar-refractivity contribution in [3.63, 3.8) is 0 Å². The van der Waals surface area contributed by atoms with E-state index >= 15 is 0 Å². The van der Waals surface area contributed by atoms with Crippen molar-refractivity contribution in [2.24, 2.45) is 0 Å². The van der Waals surface area contributed by atoms with Gasteiger partial charge in [-0.2, -0.15) is 0 Å². The van der Waals surface area contributed by atoms with Gasteiger partial charge in [-0.3, -0.25) is 4.79 Å². The summed E-state index contributed by atoms with van der Waals surface area (Å²) in [6, 6.07) is 11.2. The molecule has 0 radical (unpaired) electrons. The lowest BCUT2D eigenvalue weighted by Gasteiger charge is -2.27. The number of nitrogens with zero attached hydrogens (tertiary/aromatic N) is 2. The monoisotopic (exact) mass is 385 g/mol. The number of amides is 3. The molecule has 0 bridgehead atoms. The number of urea groups is 1. The average Bonchev–Trinajstić information content (AvgIpc) is 3.13. The van der Waals surface area contributed by atoms with Crippen LogP contribution in [-0.4, -0.2) is 37.5 Å². The van der Waals surface area contributed by atoms with Crippen molar-refractivity contribution in [1.29, 1.82) is 0 Å². The van der Waals surface area contributed by atoms with Crippen LogP contribution in [-0.2, 0) is 4.79 Å². The second-order valence-electron chi connectivity index (χ2n) is 6.77. The predicted molar refractivity (Wildman–Crippen MR) is 106 cm³/mol. The van der Waals surface area contributed by atoms with Crippen molar-refractivity contribution in [2.45, 2.75) is 25.8 Å². The Morgan fingerprint density at radius 1 is 1.29 bits per heavy atom. The second kappa shape index (κ2) is 8.29. The van der Waals surface area contributed by atoms with E-state index < -0.39 is 5.82 Å². The SMILES string of the molecule is COc1ccccc1[C@@H](C)N(C)C(=O)Nc1ccc(F)c(N2CCCC2=O)c1. The lowest BCUT2D eigenvalue weighted by Crippen LogP contribution is -2.34. The summed E-state index contributed by atoms with van der Waals surface area (Å²) >= 11 is 0. The van der Waals surface area contributed by atoms with Crippen LogP contribution in [0.4, 0.5) is 20.6 Å². The standard InChI is InChI=1S/C21H24FN3O3/c1-14(16-7-4-5-8-19(16)28-3)24(2)21(27)23-15-10-11-17(22)18(13-15)25-12-6-9-20(25)26/h4-5,7-8,10-11,13-14H,6,9,12H2,1-3H3,(H,23,27)/t14-/m1/s1. The molecule has 1 N–H and O–H groups in total. The average molecular weight is 385 g/mol. The summed E-state index contributed by atoms with van der Waals surface area (Å²) in [6.07, 6.45) is 1.11. The van der Waals surface area contributed by atoms with Crippen molar-refractivity contribution in [3.8, 4) is 5.75 Å². The fourth-order valence-electron chi connectivity index (χ4n) is 3.31. The molecule has 1 aliphatic heterocycles. The molecule has 148 valence electrons. The van der Waals surface area contributed by atoms with Crippen LogP contribution in [0.5, 0.6) is 5.75 Å². The zero-order valence-corrected chi connectivity index (χ0v) is 16.2. The Kier molecular flexibility index (Phi) is 5.82. The van der Waals surface area contributed by atoms with Crippen LogP contribution in [0, 0.1) is 5.82 Å². The number of carbonyl (C=O) groups excluding carboxylic acids is 2. The molecule has 0 spiro atoms. The van der Waals surface area contributed by atoms with Gasteiger partial charge in [0.25, 0.3) is 0 Å². The third-order valence-corrected chi connectivity index (χ3v) is 5.05. The summed E-state index contributed by atoms with van der Waals surface area (Å²) in [5.74, 6) is 0.111. The summed E-state index contributed by atoms with van der Waals surface area (Å²) < 4.78 is 19.6. The molecular formula is C21H24FN3O3. The van der Waals surface area contributed by atoms with Gasteiger partial charge in [-0.15, -0.1) is 0 Å². The van der Waals surface area contributed by atoms with Gasteiger partial charge in [-0.25, -0.2) is 9.18 Å². The highest BCUT2D eigenvalue weighted by Crippen LogP contribution is 2.30. The lowest BCUT2D eigenvalue weighted by molar-refractivity contribution is -0.117. The zero-order chi connectivity index (χ0) is 20.3. The molecule has 0 aromatic heterocycles. The van der Waals surface area contributed by atoms with E-state index in [0.717, 1.165) is 5.56 Å². The number of carbonyl (C=O) groups is 2. The molecule has 3 amide bonds. The van der Waals surface area contributed by atoms with Gasteiger partial charge in [0.1, 0.15) is 11.6 Å². The van der Waals surface area contributed by atoms with Gasteiger partial charge >= 0.3 is 6.03 Å². The van der Waals surface area contributed by atoms with Gasteiger partial charge in [-0.05, 0) is 37.6 Å². The van der Waals surface area contributed by atoms with Crippen LogP contribution < -0.4 is 15.0 Å². The van der Waals surface area contributed by atoms with E-state index in [1.54, 1.807) is 19.1 Å². The summed E-state index contributed by atoms with van der Waals surface area (Å²) in [5, 5.41) is 2.78. The number of hydrogen-bond acceptors (Lipinski definition) is 3.